The van der Waals surface area contributed by atoms with Crippen LogP contribution in [0, 0.1) is 68.0 Å². The molecule has 7 aliphatic rings. The van der Waals surface area contributed by atoms with E-state index in [9.17, 15) is 18.3 Å². The van der Waals surface area contributed by atoms with Crippen LogP contribution >= 0.6 is 0 Å². The van der Waals surface area contributed by atoms with Crippen LogP contribution in [-0.4, -0.2) is 79.2 Å². The van der Waals surface area contributed by atoms with E-state index in [-0.39, 0.29) is 45.3 Å². The number of pyridine rings is 1. The van der Waals surface area contributed by atoms with E-state index in [1.807, 2.05) is 0 Å². The van der Waals surface area contributed by atoms with Gasteiger partial charge < -0.3 is 20.1 Å². The summed E-state index contributed by atoms with van der Waals surface area (Å²) in [5, 5.41) is 23.8. The van der Waals surface area contributed by atoms with Gasteiger partial charge in [-0.25, -0.2) is 13.4 Å². The number of allylic oxidation sites excluding steroid dienone is 5. The second-order valence-corrected chi connectivity index (χ2v) is 23.9. The summed E-state index contributed by atoms with van der Waals surface area (Å²) >= 11 is 0. The zero-order chi connectivity index (χ0) is 42.2. The maximum atomic E-state index is 12.8. The van der Waals surface area contributed by atoms with Crippen molar-refractivity contribution in [1.82, 2.24) is 15.2 Å². The molecule has 322 valence electrons. The van der Waals surface area contributed by atoms with Gasteiger partial charge in [-0.2, -0.15) is 5.26 Å². The minimum absolute atomic E-state index is 0.0231. The van der Waals surface area contributed by atoms with Crippen LogP contribution in [-0.2, 0) is 14.6 Å². The van der Waals surface area contributed by atoms with Crippen LogP contribution in [0.25, 0.3) is 0 Å². The summed E-state index contributed by atoms with van der Waals surface area (Å²) in [5.74, 6) is 3.05. The molecule has 3 unspecified atom stereocenters. The second kappa shape index (κ2) is 15.1. The molecule has 10 heteroatoms. The smallest absolute Gasteiger partial charge is 0.313 e. The molecule has 0 bridgehead atoms. The molecular weight excluding hydrogens is 757 g/mol. The van der Waals surface area contributed by atoms with Crippen LogP contribution in [0.5, 0.6) is 5.88 Å². The molecule has 5 fully saturated rings. The molecule has 8 rings (SSSR count). The standard InChI is InChI=1S/C49H70N4O5S/c1-33(2)36-14-21-49(52-24-25-53-26-28-59(56,57)29-27-53)23-22-46(6)38(42(36)49)9-10-40-45(5)17-15-37(44(3,4)39(45)16-18-47(40,46)7)35-12-19-48(20-13-35,43(54)55)32-58-41-11-8-34(30-50)31-51-41/h8,11-12,15,31,36,38-40,42,52H,1,9-10,13-14,16-29,32H2,2-7H3,(H,54,55)/t36-,38+,39?,40?,42+,45-,46+,47+,48?,49-/m0/s1. The van der Waals surface area contributed by atoms with Crippen molar-refractivity contribution in [1.29, 1.82) is 5.26 Å². The molecule has 10 atom stereocenters. The highest BCUT2D eigenvalue weighted by atomic mass is 32.2. The van der Waals surface area contributed by atoms with Gasteiger partial charge in [0.1, 0.15) is 18.1 Å². The first-order valence-corrected chi connectivity index (χ1v) is 24.6. The Morgan fingerprint density at radius 1 is 0.983 bits per heavy atom. The number of ether oxygens (including phenoxy) is 1. The number of nitrogens with zero attached hydrogens (tertiary/aromatic N) is 3. The van der Waals surface area contributed by atoms with E-state index in [4.69, 9.17) is 10.00 Å². The number of nitrogens with one attached hydrogen (secondary N) is 1. The lowest BCUT2D eigenvalue weighted by atomic mass is 9.33. The zero-order valence-corrected chi connectivity index (χ0v) is 37.6. The number of sulfone groups is 1. The summed E-state index contributed by atoms with van der Waals surface area (Å²) in [5.41, 5.74) is 4.32. The largest absolute Gasteiger partial charge is 0.481 e. The Kier molecular flexibility index (Phi) is 10.9. The number of aromatic nitrogens is 1. The number of rotatable bonds is 10. The highest BCUT2D eigenvalue weighted by Crippen LogP contribution is 2.76. The molecule has 1 aliphatic heterocycles. The Labute approximate surface area is 354 Å². The predicted molar refractivity (Wildman–Crippen MR) is 232 cm³/mol. The minimum Gasteiger partial charge on any atom is -0.481 e. The zero-order valence-electron chi connectivity index (χ0n) is 36.7. The molecular formula is C49H70N4O5S. The molecule has 9 nitrogen and oxygen atoms in total. The first-order valence-electron chi connectivity index (χ1n) is 22.8. The lowest BCUT2D eigenvalue weighted by Crippen LogP contribution is -2.68. The van der Waals surface area contributed by atoms with Crippen molar-refractivity contribution >= 4 is 15.8 Å². The summed E-state index contributed by atoms with van der Waals surface area (Å²) in [6.45, 7) is 23.1. The molecule has 2 heterocycles. The molecule has 59 heavy (non-hydrogen) atoms. The number of aliphatic carboxylic acids is 1. The topological polar surface area (TPSA) is 133 Å². The monoisotopic (exact) mass is 827 g/mol. The van der Waals surface area contributed by atoms with E-state index in [1.165, 1.54) is 74.3 Å². The normalized spacial score (nSPS) is 41.1. The lowest BCUT2D eigenvalue weighted by Gasteiger charge is -2.72. The Hall–Kier alpha value is -3.00. The summed E-state index contributed by atoms with van der Waals surface area (Å²) in [7, 11) is -2.88. The molecule has 1 aromatic heterocycles. The van der Waals surface area contributed by atoms with Gasteiger partial charge in [-0.15, -0.1) is 0 Å². The molecule has 6 aliphatic carbocycles. The molecule has 0 spiro atoms. The SMILES string of the molecule is C=C(C)[C@@H]1CC[C@]2(NCCN3CCS(=O)(=O)CC3)CC[C@]3(C)[C@H](CCC4[C@@]5(C)CC=C(C6=CCC(COc7ccc(C#N)cn7)(C(=O)O)CC6)C(C)(C)C5CC[C@]43C)[C@@H]12. The van der Waals surface area contributed by atoms with Crippen LogP contribution in [0.4, 0.5) is 0 Å². The van der Waals surface area contributed by atoms with Gasteiger partial charge in [0.25, 0.3) is 0 Å². The van der Waals surface area contributed by atoms with Gasteiger partial charge in [0.05, 0.1) is 17.1 Å². The third kappa shape index (κ3) is 6.96. The first kappa shape index (κ1) is 42.7. The molecule has 1 aromatic rings. The van der Waals surface area contributed by atoms with Crippen LogP contribution in [0.1, 0.15) is 124 Å². The maximum Gasteiger partial charge on any atom is 0.313 e. The number of carboxylic acid groups (broad SMARTS) is 1. The quantitative estimate of drug-likeness (QED) is 0.222. The van der Waals surface area contributed by atoms with Crippen molar-refractivity contribution in [3.05, 3.63) is 59.3 Å². The molecule has 1 saturated heterocycles. The minimum atomic E-state index is -2.88. The predicted octanol–water partition coefficient (Wildman–Crippen LogP) is 8.78. The fourth-order valence-corrected chi connectivity index (χ4v) is 16.6. The highest BCUT2D eigenvalue weighted by Gasteiger charge is 2.70. The number of nitriles is 1. The van der Waals surface area contributed by atoms with Gasteiger partial charge in [0, 0.05) is 44.0 Å². The number of fused-ring (bicyclic) bond motifs is 7. The molecule has 0 radical (unpaired) electrons. The molecule has 0 aromatic carbocycles. The van der Waals surface area contributed by atoms with Crippen LogP contribution < -0.4 is 10.1 Å². The molecule has 0 amide bonds. The van der Waals surface area contributed by atoms with Crippen LogP contribution in [0.2, 0.25) is 0 Å². The van der Waals surface area contributed by atoms with E-state index in [2.05, 4.69) is 81.5 Å². The van der Waals surface area contributed by atoms with E-state index in [0.29, 0.717) is 67.0 Å². The van der Waals surface area contributed by atoms with Crippen molar-refractivity contribution in [3.8, 4) is 11.9 Å². The lowest BCUT2D eigenvalue weighted by molar-refractivity contribution is -0.221. The number of hydrogen-bond donors (Lipinski definition) is 2. The second-order valence-electron chi connectivity index (χ2n) is 21.6. The Morgan fingerprint density at radius 3 is 2.39 bits per heavy atom. The van der Waals surface area contributed by atoms with Gasteiger partial charge in [0.15, 0.2) is 9.84 Å². The van der Waals surface area contributed by atoms with Crippen molar-refractivity contribution < 1.29 is 23.1 Å². The van der Waals surface area contributed by atoms with E-state index < -0.39 is 21.2 Å². The fraction of sp³-hybridized carbons (Fsp3) is 0.735. The van der Waals surface area contributed by atoms with Gasteiger partial charge >= 0.3 is 5.97 Å². The van der Waals surface area contributed by atoms with Crippen LogP contribution in [0.15, 0.2) is 53.8 Å². The van der Waals surface area contributed by atoms with E-state index >= 15 is 0 Å². The third-order valence-corrected chi connectivity index (χ3v) is 20.4. The Bertz CT molecular complexity index is 2040. The molecule has 2 N–H and O–H groups in total. The Balaban J connectivity index is 1.000. The number of carbonyl (C=O) groups is 1. The number of carboxylic acids is 1. The van der Waals surface area contributed by atoms with Crippen LogP contribution in [0.3, 0.4) is 0 Å². The summed E-state index contributed by atoms with van der Waals surface area (Å²) in [4.78, 5) is 19.3. The van der Waals surface area contributed by atoms with Gasteiger partial charge in [-0.1, -0.05) is 58.9 Å². The average molecular weight is 827 g/mol. The fourth-order valence-electron chi connectivity index (χ4n) is 15.3. The third-order valence-electron chi connectivity index (χ3n) is 18.8. The van der Waals surface area contributed by atoms with Crippen molar-refractivity contribution in [2.75, 3.05) is 44.3 Å². The van der Waals surface area contributed by atoms with Gasteiger partial charge in [0.2, 0.25) is 5.88 Å². The van der Waals surface area contributed by atoms with Gasteiger partial charge in [-0.05, 0) is 152 Å². The van der Waals surface area contributed by atoms with E-state index in [0.717, 1.165) is 25.9 Å². The Morgan fingerprint density at radius 2 is 1.75 bits per heavy atom. The van der Waals surface area contributed by atoms with Crippen molar-refractivity contribution in [2.45, 2.75) is 124 Å². The highest BCUT2D eigenvalue weighted by molar-refractivity contribution is 7.91. The van der Waals surface area contributed by atoms with Crippen molar-refractivity contribution in [2.24, 2.45) is 56.7 Å². The first-order chi connectivity index (χ1) is 27.8. The number of hydrogen-bond acceptors (Lipinski definition) is 8. The summed E-state index contributed by atoms with van der Waals surface area (Å²) in [6.07, 6.45) is 18.9. The average Bonchev–Trinajstić information content (AvgIpc) is 3.58. The molecule has 4 saturated carbocycles. The van der Waals surface area contributed by atoms with Gasteiger partial charge in [-0.3, -0.25) is 4.79 Å². The maximum absolute atomic E-state index is 12.8. The van der Waals surface area contributed by atoms with E-state index in [1.54, 1.807) is 12.1 Å². The van der Waals surface area contributed by atoms with Crippen molar-refractivity contribution in [3.63, 3.8) is 0 Å². The summed E-state index contributed by atoms with van der Waals surface area (Å²) < 4.78 is 30.1. The summed E-state index contributed by atoms with van der Waals surface area (Å²) in [6, 6.07) is 5.34.